The molecule has 0 spiro atoms. The largest absolute Gasteiger partial charge is 0.469 e. The van der Waals surface area contributed by atoms with Crippen LogP contribution in [0.5, 0.6) is 0 Å². The van der Waals surface area contributed by atoms with Gasteiger partial charge >= 0.3 is 5.97 Å². The van der Waals surface area contributed by atoms with Gasteiger partial charge in [-0.3, -0.25) is 14.9 Å². The highest BCUT2D eigenvalue weighted by Gasteiger charge is 2.55. The van der Waals surface area contributed by atoms with Gasteiger partial charge in [-0.2, -0.15) is 0 Å². The van der Waals surface area contributed by atoms with Gasteiger partial charge in [-0.15, -0.1) is 9.24 Å². The molecule has 1 saturated heterocycles. The van der Waals surface area contributed by atoms with E-state index in [0.717, 1.165) is 51.7 Å². The average Bonchev–Trinajstić information content (AvgIpc) is 2.77. The van der Waals surface area contributed by atoms with Crippen LogP contribution in [0.1, 0.15) is 51.5 Å². The quantitative estimate of drug-likeness (QED) is 0.215. The lowest BCUT2D eigenvalue weighted by Gasteiger charge is -2.54. The van der Waals surface area contributed by atoms with E-state index < -0.39 is 5.41 Å². The molecule has 6 atom stereocenters. The van der Waals surface area contributed by atoms with Crippen LogP contribution in [0.15, 0.2) is 29.2 Å². The van der Waals surface area contributed by atoms with Crippen molar-refractivity contribution in [3.63, 3.8) is 0 Å². The minimum Gasteiger partial charge on any atom is -0.469 e. The SMILES string of the molecule is C/C=S(\c1ccc(C)cc1)N1CCC2CC(N(N)CCCC)C(P)C[C@]2(C(=O)OC)C1. The van der Waals surface area contributed by atoms with E-state index in [1.807, 2.05) is 5.01 Å². The zero-order chi connectivity index (χ0) is 22.6. The van der Waals surface area contributed by atoms with Crippen molar-refractivity contribution in [1.29, 1.82) is 0 Å². The number of carbonyl (C=O) groups is 1. The molecule has 174 valence electrons. The first-order valence-electron chi connectivity index (χ1n) is 11.6. The Morgan fingerprint density at radius 2 is 2.13 bits per heavy atom. The fraction of sp³-hybridized carbons (Fsp3) is 0.667. The molecule has 2 N–H and O–H groups in total. The van der Waals surface area contributed by atoms with E-state index in [-0.39, 0.29) is 22.3 Å². The summed E-state index contributed by atoms with van der Waals surface area (Å²) in [5.41, 5.74) is 1.09. The van der Waals surface area contributed by atoms with Crippen molar-refractivity contribution in [2.24, 2.45) is 17.2 Å². The Kier molecular flexibility index (Phi) is 8.73. The summed E-state index contributed by atoms with van der Waals surface area (Å²) in [6.45, 7) is 9.11. The van der Waals surface area contributed by atoms with Crippen LogP contribution in [-0.2, 0) is 9.53 Å². The molecule has 1 aliphatic heterocycles. The highest BCUT2D eigenvalue weighted by atomic mass is 32.2. The number of hydrazine groups is 1. The van der Waals surface area contributed by atoms with Gasteiger partial charge in [0.05, 0.1) is 12.5 Å². The molecule has 5 nitrogen and oxygen atoms in total. The Balaban J connectivity index is 1.85. The molecule has 31 heavy (non-hydrogen) atoms. The lowest BCUT2D eigenvalue weighted by molar-refractivity contribution is -0.164. The van der Waals surface area contributed by atoms with E-state index in [4.69, 9.17) is 10.6 Å². The summed E-state index contributed by atoms with van der Waals surface area (Å²) in [6.07, 6.45) is 5.03. The van der Waals surface area contributed by atoms with E-state index in [9.17, 15) is 4.79 Å². The molecule has 1 aromatic rings. The number of benzene rings is 1. The Hall–Kier alpha value is -0.780. The fourth-order valence-electron chi connectivity index (χ4n) is 5.38. The number of methoxy groups -OCH3 is 1. The van der Waals surface area contributed by atoms with Gasteiger partial charge in [-0.05, 0) is 68.6 Å². The van der Waals surface area contributed by atoms with Gasteiger partial charge in [0.25, 0.3) is 0 Å². The van der Waals surface area contributed by atoms with Crippen molar-refractivity contribution < 1.29 is 9.53 Å². The Morgan fingerprint density at radius 3 is 2.74 bits per heavy atom. The zero-order valence-electron chi connectivity index (χ0n) is 19.5. The predicted octanol–water partition coefficient (Wildman–Crippen LogP) is 4.22. The summed E-state index contributed by atoms with van der Waals surface area (Å²) in [5.74, 6) is 6.74. The van der Waals surface area contributed by atoms with Crippen LogP contribution in [0, 0.1) is 18.3 Å². The second kappa shape index (κ2) is 10.9. The van der Waals surface area contributed by atoms with E-state index in [0.29, 0.717) is 12.0 Å². The number of aryl methyl sites for hydroxylation is 1. The molecule has 7 heteroatoms. The van der Waals surface area contributed by atoms with E-state index in [1.165, 1.54) is 10.5 Å². The van der Waals surface area contributed by atoms with E-state index >= 15 is 0 Å². The van der Waals surface area contributed by atoms with Gasteiger partial charge in [0.2, 0.25) is 0 Å². The molecule has 1 aromatic carbocycles. The Bertz CT molecular complexity index is 788. The first-order chi connectivity index (χ1) is 14.9. The maximum absolute atomic E-state index is 13.2. The number of hydrogen-bond donors (Lipinski definition) is 1. The molecule has 2 fully saturated rings. The number of ether oxygens (including phenoxy) is 1. The average molecular weight is 466 g/mol. The highest BCUT2D eigenvalue weighted by molar-refractivity contribution is 8.13. The third-order valence-electron chi connectivity index (χ3n) is 7.14. The topological polar surface area (TPSA) is 58.8 Å². The van der Waals surface area contributed by atoms with Crippen molar-refractivity contribution in [2.45, 2.75) is 69.5 Å². The minimum absolute atomic E-state index is 0.0474. The number of nitrogens with two attached hydrogens (primary N) is 1. The van der Waals surface area contributed by atoms with Crippen molar-refractivity contribution in [3.8, 4) is 0 Å². The lowest BCUT2D eigenvalue weighted by Crippen LogP contribution is -2.61. The van der Waals surface area contributed by atoms with Crippen LogP contribution >= 0.6 is 19.9 Å². The number of nitrogens with zero attached hydrogens (tertiary/aromatic N) is 2. The third kappa shape index (κ3) is 5.25. The summed E-state index contributed by atoms with van der Waals surface area (Å²) in [4.78, 5) is 14.6. The first kappa shape index (κ1) is 24.9. The molecule has 2 aliphatic rings. The van der Waals surface area contributed by atoms with E-state index in [1.54, 1.807) is 7.11 Å². The molecule has 1 saturated carbocycles. The monoisotopic (exact) mass is 465 g/mol. The molecule has 0 bridgehead atoms. The summed E-state index contributed by atoms with van der Waals surface area (Å²) >= 11 is 0. The number of carbonyl (C=O) groups excluding carboxylic acids is 1. The smallest absolute Gasteiger partial charge is 0.313 e. The van der Waals surface area contributed by atoms with Gasteiger partial charge in [0, 0.05) is 30.6 Å². The fourth-order valence-corrected chi connectivity index (χ4v) is 8.14. The number of fused-ring (bicyclic) bond motifs is 1. The van der Waals surface area contributed by atoms with Gasteiger partial charge in [0.1, 0.15) is 0 Å². The van der Waals surface area contributed by atoms with Gasteiger partial charge < -0.3 is 4.74 Å². The number of rotatable bonds is 7. The zero-order valence-corrected chi connectivity index (χ0v) is 21.5. The van der Waals surface area contributed by atoms with Crippen molar-refractivity contribution >= 4 is 31.2 Å². The first-order valence-corrected chi connectivity index (χ1v) is 13.5. The van der Waals surface area contributed by atoms with Crippen molar-refractivity contribution in [2.75, 3.05) is 26.7 Å². The van der Waals surface area contributed by atoms with Crippen LogP contribution in [0.4, 0.5) is 0 Å². The van der Waals surface area contributed by atoms with Crippen molar-refractivity contribution in [3.05, 3.63) is 29.8 Å². The second-order valence-corrected chi connectivity index (χ2v) is 12.1. The maximum atomic E-state index is 13.2. The van der Waals surface area contributed by atoms with Crippen LogP contribution in [0.3, 0.4) is 0 Å². The molecule has 1 aliphatic carbocycles. The summed E-state index contributed by atoms with van der Waals surface area (Å²) in [7, 11) is 4.42. The molecular formula is C24H40N3O2PS. The van der Waals surface area contributed by atoms with Crippen molar-refractivity contribution in [1.82, 2.24) is 9.31 Å². The normalized spacial score (nSPS) is 30.2. The molecule has 1 heterocycles. The predicted molar refractivity (Wildman–Crippen MR) is 135 cm³/mol. The van der Waals surface area contributed by atoms with Crippen LogP contribution in [0.25, 0.3) is 0 Å². The second-order valence-electron chi connectivity index (χ2n) is 9.12. The molecular weight excluding hydrogens is 425 g/mol. The molecule has 0 aromatic heterocycles. The number of unbranched alkanes of at least 4 members (excludes halogenated alkanes) is 1. The molecule has 3 rings (SSSR count). The lowest BCUT2D eigenvalue weighted by atomic mass is 9.61. The number of piperidine rings is 1. The number of hydrogen-bond acceptors (Lipinski definition) is 5. The Labute approximate surface area is 193 Å². The third-order valence-corrected chi connectivity index (χ3v) is 9.89. The maximum Gasteiger partial charge on any atom is 0.313 e. The molecule has 0 amide bonds. The van der Waals surface area contributed by atoms with Crippen LogP contribution < -0.4 is 5.84 Å². The van der Waals surface area contributed by atoms with Crippen LogP contribution in [-0.4, -0.2) is 59.1 Å². The summed E-state index contributed by atoms with van der Waals surface area (Å²) < 4.78 is 7.92. The number of esters is 1. The highest BCUT2D eigenvalue weighted by Crippen LogP contribution is 2.52. The standard InChI is InChI=1S/C24H40N3O2PS/c1-5-7-13-27(25)21-15-19-12-14-26(17-24(19,16-22(21)30)23(28)29-4)31(6-2)20-10-8-18(3)9-11-20/h6,8-11,19,21-22H,5,7,12-17,25,30H2,1-4H3/t19?,21?,22?,24-,31?/m0/s1. The van der Waals surface area contributed by atoms with Gasteiger partial charge in [-0.1, -0.05) is 41.7 Å². The molecule has 5 unspecified atom stereocenters. The Morgan fingerprint density at radius 1 is 1.42 bits per heavy atom. The molecule has 0 radical (unpaired) electrons. The van der Waals surface area contributed by atoms with Gasteiger partial charge in [-0.25, -0.2) is 5.01 Å². The minimum atomic E-state index is -0.458. The van der Waals surface area contributed by atoms with Crippen LogP contribution in [0.2, 0.25) is 0 Å². The summed E-state index contributed by atoms with van der Waals surface area (Å²) in [6, 6.07) is 9.12. The van der Waals surface area contributed by atoms with Gasteiger partial charge in [0.15, 0.2) is 0 Å². The van der Waals surface area contributed by atoms with E-state index in [2.05, 4.69) is 63.9 Å². The summed E-state index contributed by atoms with van der Waals surface area (Å²) in [5, 5.41) is 4.32.